The molecule has 1 saturated heterocycles. The van der Waals surface area contributed by atoms with Gasteiger partial charge in [0.25, 0.3) is 0 Å². The predicted octanol–water partition coefficient (Wildman–Crippen LogP) is 3.54. The van der Waals surface area contributed by atoms with Gasteiger partial charge in [0.15, 0.2) is 5.96 Å². The lowest BCUT2D eigenvalue weighted by Gasteiger charge is -2.37. The second-order valence-corrected chi connectivity index (χ2v) is 6.20. The molecule has 1 fully saturated rings. The van der Waals surface area contributed by atoms with Gasteiger partial charge in [0.2, 0.25) is 0 Å². The van der Waals surface area contributed by atoms with E-state index >= 15 is 0 Å². The van der Waals surface area contributed by atoms with Crippen LogP contribution in [0.4, 0.5) is 4.39 Å². The number of hydrogen-bond donors (Lipinski definition) is 1. The molecule has 0 aromatic heterocycles. The van der Waals surface area contributed by atoms with Gasteiger partial charge in [-0.25, -0.2) is 4.39 Å². The van der Waals surface area contributed by atoms with E-state index in [1.54, 1.807) is 12.1 Å². The molecule has 0 bridgehead atoms. The van der Waals surface area contributed by atoms with Crippen LogP contribution >= 0.6 is 24.0 Å². The molecule has 2 rings (SSSR count). The highest BCUT2D eigenvalue weighted by atomic mass is 127. The molecule has 2 atom stereocenters. The molecule has 1 aliphatic rings. The maximum atomic E-state index is 13.1. The summed E-state index contributed by atoms with van der Waals surface area (Å²) >= 11 is 0. The zero-order chi connectivity index (χ0) is 15.2. The van der Waals surface area contributed by atoms with Gasteiger partial charge in [0, 0.05) is 26.7 Å². The van der Waals surface area contributed by atoms with Crippen LogP contribution in [0.25, 0.3) is 0 Å². The number of aliphatic imine (C=N–C) groups is 1. The van der Waals surface area contributed by atoms with Crippen LogP contribution in [0.1, 0.15) is 25.8 Å². The number of rotatable bonds is 3. The molecule has 0 aliphatic carbocycles. The maximum absolute atomic E-state index is 13.1. The summed E-state index contributed by atoms with van der Waals surface area (Å²) in [5.74, 6) is 2.20. The summed E-state index contributed by atoms with van der Waals surface area (Å²) < 4.78 is 13.1. The fourth-order valence-electron chi connectivity index (χ4n) is 3.18. The summed E-state index contributed by atoms with van der Waals surface area (Å²) in [6, 6.07) is 6.79. The van der Waals surface area contributed by atoms with Crippen molar-refractivity contribution >= 4 is 29.9 Å². The van der Waals surface area contributed by atoms with Gasteiger partial charge < -0.3 is 10.2 Å². The number of nitrogens with zero attached hydrogens (tertiary/aromatic N) is 2. The molecule has 3 nitrogen and oxygen atoms in total. The highest BCUT2D eigenvalue weighted by molar-refractivity contribution is 14.0. The van der Waals surface area contributed by atoms with Crippen LogP contribution in [0.2, 0.25) is 0 Å². The van der Waals surface area contributed by atoms with E-state index in [9.17, 15) is 4.39 Å². The highest BCUT2D eigenvalue weighted by Crippen LogP contribution is 2.20. The van der Waals surface area contributed by atoms with Crippen LogP contribution in [0.15, 0.2) is 29.3 Å². The Morgan fingerprint density at radius 1 is 1.32 bits per heavy atom. The largest absolute Gasteiger partial charge is 0.356 e. The molecule has 0 radical (unpaired) electrons. The van der Waals surface area contributed by atoms with Gasteiger partial charge in [-0.15, -0.1) is 24.0 Å². The average Bonchev–Trinajstić information content (AvgIpc) is 2.42. The first-order valence-corrected chi connectivity index (χ1v) is 7.78. The van der Waals surface area contributed by atoms with Crippen LogP contribution in [-0.2, 0) is 6.42 Å². The SMILES string of the molecule is CN=C(NCCc1cccc(F)c1)N1CC(C)CC(C)C1.I. The molecule has 1 aliphatic heterocycles. The molecule has 5 heteroatoms. The highest BCUT2D eigenvalue weighted by Gasteiger charge is 2.23. The first-order chi connectivity index (χ1) is 10.1. The van der Waals surface area contributed by atoms with Crippen LogP contribution in [0.3, 0.4) is 0 Å². The Morgan fingerprint density at radius 2 is 2.00 bits per heavy atom. The van der Waals surface area contributed by atoms with E-state index in [4.69, 9.17) is 0 Å². The lowest BCUT2D eigenvalue weighted by Crippen LogP contribution is -2.48. The minimum atomic E-state index is -0.171. The molecule has 1 N–H and O–H groups in total. The predicted molar refractivity (Wildman–Crippen MR) is 101 cm³/mol. The normalized spacial score (nSPS) is 22.2. The summed E-state index contributed by atoms with van der Waals surface area (Å²) in [6.45, 7) is 7.48. The van der Waals surface area contributed by atoms with Gasteiger partial charge in [-0.1, -0.05) is 26.0 Å². The second-order valence-electron chi connectivity index (χ2n) is 6.20. The van der Waals surface area contributed by atoms with Gasteiger partial charge in [-0.3, -0.25) is 4.99 Å². The third-order valence-electron chi connectivity index (χ3n) is 3.97. The van der Waals surface area contributed by atoms with E-state index in [0.717, 1.165) is 37.6 Å². The average molecular weight is 419 g/mol. The number of nitrogens with one attached hydrogen (secondary N) is 1. The Labute approximate surface area is 150 Å². The molecule has 0 amide bonds. The summed E-state index contributed by atoms with van der Waals surface area (Å²) in [4.78, 5) is 6.72. The van der Waals surface area contributed by atoms with E-state index in [1.165, 1.54) is 12.5 Å². The Bertz CT molecular complexity index is 483. The van der Waals surface area contributed by atoms with Gasteiger partial charge in [0.05, 0.1) is 0 Å². The van der Waals surface area contributed by atoms with E-state index in [2.05, 4.69) is 29.1 Å². The van der Waals surface area contributed by atoms with Gasteiger partial charge in [-0.2, -0.15) is 0 Å². The number of likely N-dealkylation sites (tertiary alicyclic amines) is 1. The summed E-state index contributed by atoms with van der Waals surface area (Å²) in [6.07, 6.45) is 2.09. The molecular formula is C17H27FIN3. The van der Waals surface area contributed by atoms with Gasteiger partial charge in [0.1, 0.15) is 5.82 Å². The smallest absolute Gasteiger partial charge is 0.193 e. The zero-order valence-electron chi connectivity index (χ0n) is 13.7. The number of benzene rings is 1. The quantitative estimate of drug-likeness (QED) is 0.461. The lowest BCUT2D eigenvalue weighted by molar-refractivity contribution is 0.208. The first-order valence-electron chi connectivity index (χ1n) is 7.78. The third kappa shape index (κ3) is 5.74. The lowest BCUT2D eigenvalue weighted by atomic mass is 9.92. The summed E-state index contributed by atoms with van der Waals surface area (Å²) in [5, 5.41) is 3.40. The van der Waals surface area contributed by atoms with Crippen LogP contribution in [-0.4, -0.2) is 37.5 Å². The van der Waals surface area contributed by atoms with Crippen molar-refractivity contribution in [3.63, 3.8) is 0 Å². The first kappa shape index (κ1) is 19.2. The van der Waals surface area contributed by atoms with Crippen LogP contribution in [0.5, 0.6) is 0 Å². The van der Waals surface area contributed by atoms with E-state index in [0.29, 0.717) is 11.8 Å². The number of halogens is 2. The van der Waals surface area contributed by atoms with Crippen molar-refractivity contribution in [1.29, 1.82) is 0 Å². The molecule has 124 valence electrons. The summed E-state index contributed by atoms with van der Waals surface area (Å²) in [5.41, 5.74) is 1.01. The molecule has 1 heterocycles. The van der Waals surface area contributed by atoms with Gasteiger partial charge >= 0.3 is 0 Å². The molecule has 2 unspecified atom stereocenters. The minimum absolute atomic E-state index is 0. The Balaban J connectivity index is 0.00000242. The minimum Gasteiger partial charge on any atom is -0.356 e. The molecule has 0 saturated carbocycles. The van der Waals surface area contributed by atoms with E-state index in [-0.39, 0.29) is 29.8 Å². The molecule has 0 spiro atoms. The van der Waals surface area contributed by atoms with Crippen molar-refractivity contribution in [2.45, 2.75) is 26.7 Å². The monoisotopic (exact) mass is 419 g/mol. The molecule has 1 aromatic rings. The third-order valence-corrected chi connectivity index (χ3v) is 3.97. The van der Waals surface area contributed by atoms with Crippen LogP contribution < -0.4 is 5.32 Å². The van der Waals surface area contributed by atoms with E-state index in [1.807, 2.05) is 13.1 Å². The Kier molecular flexibility index (Phi) is 8.14. The van der Waals surface area contributed by atoms with E-state index < -0.39 is 0 Å². The Hall–Kier alpha value is -0.850. The second kappa shape index (κ2) is 9.33. The van der Waals surface area contributed by atoms with Crippen molar-refractivity contribution in [3.8, 4) is 0 Å². The molecule has 1 aromatic carbocycles. The summed E-state index contributed by atoms with van der Waals surface area (Å²) in [7, 11) is 1.83. The molecule has 22 heavy (non-hydrogen) atoms. The molecular weight excluding hydrogens is 392 g/mol. The van der Waals surface area contributed by atoms with Crippen molar-refractivity contribution in [3.05, 3.63) is 35.6 Å². The van der Waals surface area contributed by atoms with Gasteiger partial charge in [-0.05, 0) is 42.4 Å². The Morgan fingerprint density at radius 3 is 2.59 bits per heavy atom. The van der Waals surface area contributed by atoms with Crippen LogP contribution in [0, 0.1) is 17.7 Å². The standard InChI is InChI=1S/C17H26FN3.HI/c1-13-9-14(2)12-21(11-13)17(19-3)20-8-7-15-5-4-6-16(18)10-15;/h4-6,10,13-14H,7-9,11-12H2,1-3H3,(H,19,20);1H. The van der Waals surface area contributed by atoms with Crippen molar-refractivity contribution in [2.24, 2.45) is 16.8 Å². The number of hydrogen-bond acceptors (Lipinski definition) is 1. The fourth-order valence-corrected chi connectivity index (χ4v) is 3.18. The van der Waals surface area contributed by atoms with Crippen molar-refractivity contribution in [1.82, 2.24) is 10.2 Å². The number of piperidine rings is 1. The topological polar surface area (TPSA) is 27.6 Å². The maximum Gasteiger partial charge on any atom is 0.193 e. The van der Waals surface area contributed by atoms with Crippen molar-refractivity contribution < 1.29 is 4.39 Å². The zero-order valence-corrected chi connectivity index (χ0v) is 16.0. The van der Waals surface area contributed by atoms with Crippen molar-refractivity contribution in [2.75, 3.05) is 26.7 Å². The number of guanidine groups is 1. The fraction of sp³-hybridized carbons (Fsp3) is 0.588.